The molecule has 2 rings (SSSR count). The van der Waals surface area contributed by atoms with Crippen molar-refractivity contribution >= 4 is 29.1 Å². The molecule has 0 spiro atoms. The summed E-state index contributed by atoms with van der Waals surface area (Å²) in [6.45, 7) is 0.796. The second-order valence-electron chi connectivity index (χ2n) is 4.79. The monoisotopic (exact) mass is 317 g/mol. The number of nitrogens with one attached hydrogen (secondary N) is 1. The minimum absolute atomic E-state index is 0.00366. The van der Waals surface area contributed by atoms with E-state index in [4.69, 9.17) is 27.9 Å². The Balaban J connectivity index is 1.85. The SMILES string of the molecule is O=C(CC1CCCO1)NCC(O)c1c(Cl)cccc1Cl. The largest absolute Gasteiger partial charge is 0.386 e. The minimum atomic E-state index is -0.926. The molecule has 0 saturated carbocycles. The molecule has 2 N–H and O–H groups in total. The smallest absolute Gasteiger partial charge is 0.222 e. The first-order chi connectivity index (χ1) is 9.58. The quantitative estimate of drug-likeness (QED) is 0.877. The van der Waals surface area contributed by atoms with Crippen molar-refractivity contribution in [2.24, 2.45) is 0 Å². The van der Waals surface area contributed by atoms with Gasteiger partial charge in [-0.2, -0.15) is 0 Å². The molecule has 2 atom stereocenters. The summed E-state index contributed by atoms with van der Waals surface area (Å²) in [6.07, 6.45) is 1.30. The predicted molar refractivity (Wildman–Crippen MR) is 78.0 cm³/mol. The van der Waals surface area contributed by atoms with Crippen LogP contribution in [0.2, 0.25) is 10.0 Å². The maximum atomic E-state index is 11.7. The second-order valence-corrected chi connectivity index (χ2v) is 5.61. The molecule has 1 aromatic carbocycles. The number of carbonyl (C=O) groups is 1. The molecule has 0 bridgehead atoms. The zero-order valence-corrected chi connectivity index (χ0v) is 12.5. The first-order valence-electron chi connectivity index (χ1n) is 6.58. The number of hydrogen-bond donors (Lipinski definition) is 2. The van der Waals surface area contributed by atoms with Crippen LogP contribution in [0.25, 0.3) is 0 Å². The lowest BCUT2D eigenvalue weighted by Crippen LogP contribution is -2.31. The van der Waals surface area contributed by atoms with Crippen LogP contribution >= 0.6 is 23.2 Å². The molecule has 20 heavy (non-hydrogen) atoms. The van der Waals surface area contributed by atoms with E-state index in [9.17, 15) is 9.90 Å². The molecule has 1 fully saturated rings. The van der Waals surface area contributed by atoms with Crippen molar-refractivity contribution in [2.75, 3.05) is 13.2 Å². The van der Waals surface area contributed by atoms with Gasteiger partial charge in [-0.15, -0.1) is 0 Å². The lowest BCUT2D eigenvalue weighted by Gasteiger charge is -2.16. The van der Waals surface area contributed by atoms with Crippen LogP contribution < -0.4 is 5.32 Å². The highest BCUT2D eigenvalue weighted by molar-refractivity contribution is 6.36. The molecule has 2 unspecified atom stereocenters. The summed E-state index contributed by atoms with van der Waals surface area (Å²) < 4.78 is 5.39. The fourth-order valence-corrected chi connectivity index (χ4v) is 2.88. The third-order valence-corrected chi connectivity index (χ3v) is 3.92. The van der Waals surface area contributed by atoms with Gasteiger partial charge in [0, 0.05) is 28.8 Å². The van der Waals surface area contributed by atoms with E-state index in [1.807, 2.05) is 0 Å². The summed E-state index contributed by atoms with van der Waals surface area (Å²) in [5.41, 5.74) is 0.438. The van der Waals surface area contributed by atoms with Crippen LogP contribution in [0, 0.1) is 0 Å². The molecule has 1 saturated heterocycles. The molecule has 0 aliphatic carbocycles. The zero-order valence-electron chi connectivity index (χ0n) is 10.9. The van der Waals surface area contributed by atoms with Gasteiger partial charge in [0.15, 0.2) is 0 Å². The Morgan fingerprint density at radius 3 is 2.75 bits per heavy atom. The van der Waals surface area contributed by atoms with Crippen LogP contribution in [0.3, 0.4) is 0 Å². The Kier molecular flexibility index (Phi) is 5.66. The first kappa shape index (κ1) is 15.6. The van der Waals surface area contributed by atoms with Gasteiger partial charge in [-0.1, -0.05) is 29.3 Å². The molecule has 1 aliphatic heterocycles. The summed E-state index contributed by atoms with van der Waals surface area (Å²) in [5.74, 6) is -0.140. The van der Waals surface area contributed by atoms with Gasteiger partial charge in [-0.05, 0) is 25.0 Å². The van der Waals surface area contributed by atoms with E-state index in [0.717, 1.165) is 19.4 Å². The molecule has 0 radical (unpaired) electrons. The van der Waals surface area contributed by atoms with E-state index in [0.29, 0.717) is 22.0 Å². The molecule has 1 heterocycles. The molecule has 4 nitrogen and oxygen atoms in total. The normalized spacial score (nSPS) is 19.9. The van der Waals surface area contributed by atoms with Gasteiger partial charge in [-0.25, -0.2) is 0 Å². The number of amides is 1. The molecular formula is C14H17Cl2NO3. The maximum absolute atomic E-state index is 11.7. The number of aliphatic hydroxyl groups is 1. The first-order valence-corrected chi connectivity index (χ1v) is 7.34. The third-order valence-electron chi connectivity index (χ3n) is 3.26. The molecule has 0 aromatic heterocycles. The Morgan fingerprint density at radius 1 is 1.45 bits per heavy atom. The van der Waals surface area contributed by atoms with Crippen molar-refractivity contribution in [3.05, 3.63) is 33.8 Å². The number of benzene rings is 1. The minimum Gasteiger partial charge on any atom is -0.386 e. The van der Waals surface area contributed by atoms with Crippen molar-refractivity contribution in [2.45, 2.75) is 31.5 Å². The Bertz CT molecular complexity index is 455. The highest BCUT2D eigenvalue weighted by Gasteiger charge is 2.20. The highest BCUT2D eigenvalue weighted by atomic mass is 35.5. The van der Waals surface area contributed by atoms with E-state index in [1.54, 1.807) is 18.2 Å². The number of halogens is 2. The molecule has 110 valence electrons. The standard InChI is InChI=1S/C14H17Cl2NO3/c15-10-4-1-5-11(16)14(10)12(18)8-17-13(19)7-9-3-2-6-20-9/h1,4-5,9,12,18H,2-3,6-8H2,(H,17,19). The Labute approximate surface area is 128 Å². The number of aliphatic hydroxyl groups excluding tert-OH is 1. The number of rotatable bonds is 5. The number of carbonyl (C=O) groups excluding carboxylic acids is 1. The summed E-state index contributed by atoms with van der Waals surface area (Å²) in [4.78, 5) is 11.7. The van der Waals surface area contributed by atoms with E-state index in [-0.39, 0.29) is 18.6 Å². The van der Waals surface area contributed by atoms with Gasteiger partial charge >= 0.3 is 0 Å². The average molecular weight is 318 g/mol. The molecule has 1 aromatic rings. The third kappa shape index (κ3) is 4.09. The Morgan fingerprint density at radius 2 is 2.15 bits per heavy atom. The van der Waals surface area contributed by atoms with E-state index in [2.05, 4.69) is 5.32 Å². The maximum Gasteiger partial charge on any atom is 0.222 e. The highest BCUT2D eigenvalue weighted by Crippen LogP contribution is 2.29. The summed E-state index contributed by atoms with van der Waals surface area (Å²) in [5, 5.41) is 13.5. The second kappa shape index (κ2) is 7.27. The van der Waals surface area contributed by atoms with E-state index < -0.39 is 6.10 Å². The van der Waals surface area contributed by atoms with Crippen LogP contribution in [0.4, 0.5) is 0 Å². The predicted octanol–water partition coefficient (Wildman–Crippen LogP) is 2.71. The van der Waals surface area contributed by atoms with Gasteiger partial charge in [0.2, 0.25) is 5.91 Å². The van der Waals surface area contributed by atoms with Gasteiger partial charge in [0.25, 0.3) is 0 Å². The molecule has 1 amide bonds. The van der Waals surface area contributed by atoms with Crippen molar-refractivity contribution in [1.29, 1.82) is 0 Å². The van der Waals surface area contributed by atoms with Crippen molar-refractivity contribution in [3.63, 3.8) is 0 Å². The van der Waals surface area contributed by atoms with E-state index in [1.165, 1.54) is 0 Å². The number of hydrogen-bond acceptors (Lipinski definition) is 3. The van der Waals surface area contributed by atoms with Gasteiger partial charge in [0.05, 0.1) is 18.6 Å². The van der Waals surface area contributed by atoms with Crippen LogP contribution in [0.15, 0.2) is 18.2 Å². The van der Waals surface area contributed by atoms with Crippen LogP contribution in [0.5, 0.6) is 0 Å². The summed E-state index contributed by atoms with van der Waals surface area (Å²) in [6, 6.07) is 5.01. The van der Waals surface area contributed by atoms with Gasteiger partial charge in [-0.3, -0.25) is 4.79 Å². The van der Waals surface area contributed by atoms with Gasteiger partial charge < -0.3 is 15.2 Å². The lowest BCUT2D eigenvalue weighted by atomic mass is 10.1. The molecule has 6 heteroatoms. The van der Waals surface area contributed by atoms with Crippen LogP contribution in [0.1, 0.15) is 30.9 Å². The Hall–Kier alpha value is -0.810. The fraction of sp³-hybridized carbons (Fsp3) is 0.500. The van der Waals surface area contributed by atoms with Crippen molar-refractivity contribution < 1.29 is 14.6 Å². The lowest BCUT2D eigenvalue weighted by molar-refractivity contribution is -0.123. The molecule has 1 aliphatic rings. The van der Waals surface area contributed by atoms with Crippen molar-refractivity contribution in [3.8, 4) is 0 Å². The summed E-state index contributed by atoms with van der Waals surface area (Å²) in [7, 11) is 0. The number of ether oxygens (including phenoxy) is 1. The zero-order chi connectivity index (χ0) is 14.5. The van der Waals surface area contributed by atoms with Gasteiger partial charge in [0.1, 0.15) is 0 Å². The van der Waals surface area contributed by atoms with Crippen molar-refractivity contribution in [1.82, 2.24) is 5.32 Å². The van der Waals surface area contributed by atoms with Crippen LogP contribution in [-0.2, 0) is 9.53 Å². The average Bonchev–Trinajstić information content (AvgIpc) is 2.89. The molecular weight excluding hydrogens is 301 g/mol. The van der Waals surface area contributed by atoms with E-state index >= 15 is 0 Å². The van der Waals surface area contributed by atoms with Crippen LogP contribution in [-0.4, -0.2) is 30.3 Å². The summed E-state index contributed by atoms with van der Waals surface area (Å²) >= 11 is 12.0. The topological polar surface area (TPSA) is 58.6 Å². The fourth-order valence-electron chi connectivity index (χ4n) is 2.23.